The molecule has 72 valence electrons. The monoisotopic (exact) mass is 205 g/mol. The zero-order chi connectivity index (χ0) is 9.97. The summed E-state index contributed by atoms with van der Waals surface area (Å²) in [6.07, 6.45) is 1.74. The van der Waals surface area contributed by atoms with Crippen LogP contribution in [0.4, 0.5) is 0 Å². The van der Waals surface area contributed by atoms with Gasteiger partial charge in [-0.2, -0.15) is 27.6 Å². The Morgan fingerprint density at radius 3 is 2.50 bits per heavy atom. The van der Waals surface area contributed by atoms with E-state index in [2.05, 4.69) is 22.8 Å². The summed E-state index contributed by atoms with van der Waals surface area (Å²) in [5.74, 6) is 0.756. The maximum atomic E-state index is 4.22. The van der Waals surface area contributed by atoms with Crippen LogP contribution in [0.25, 0.3) is 5.69 Å². The SMILES string of the molecule is Cc1cnn(-c2ccc(CS)cc2)n1. The molecular formula is C10H11N3S. The first-order valence-electron chi connectivity index (χ1n) is 4.39. The van der Waals surface area contributed by atoms with E-state index in [9.17, 15) is 0 Å². The van der Waals surface area contributed by atoms with Crippen LogP contribution in [-0.2, 0) is 5.75 Å². The van der Waals surface area contributed by atoms with E-state index in [1.54, 1.807) is 11.0 Å². The molecule has 0 aliphatic carbocycles. The molecule has 1 heterocycles. The molecule has 0 fully saturated rings. The summed E-state index contributed by atoms with van der Waals surface area (Å²) >= 11 is 4.20. The third kappa shape index (κ3) is 1.80. The van der Waals surface area contributed by atoms with Crippen molar-refractivity contribution in [1.29, 1.82) is 0 Å². The van der Waals surface area contributed by atoms with Crippen molar-refractivity contribution in [2.75, 3.05) is 0 Å². The molecule has 0 aliphatic heterocycles. The van der Waals surface area contributed by atoms with Crippen LogP contribution in [-0.4, -0.2) is 15.0 Å². The number of nitrogens with zero attached hydrogens (tertiary/aromatic N) is 3. The summed E-state index contributed by atoms with van der Waals surface area (Å²) < 4.78 is 0. The minimum absolute atomic E-state index is 0.756. The number of thiol groups is 1. The van der Waals surface area contributed by atoms with E-state index in [1.807, 2.05) is 31.2 Å². The standard InChI is InChI=1S/C10H11N3S/c1-8-6-11-13(12-8)10-4-2-9(7-14)3-5-10/h2-6,14H,7H2,1H3. The summed E-state index contributed by atoms with van der Waals surface area (Å²) in [7, 11) is 0. The van der Waals surface area contributed by atoms with Gasteiger partial charge in [0.2, 0.25) is 0 Å². The lowest BCUT2D eigenvalue weighted by atomic mass is 10.2. The minimum atomic E-state index is 0.756. The average molecular weight is 205 g/mol. The summed E-state index contributed by atoms with van der Waals surface area (Å²) in [6, 6.07) is 8.04. The van der Waals surface area contributed by atoms with E-state index in [0.29, 0.717) is 0 Å². The minimum Gasteiger partial charge on any atom is -0.175 e. The number of hydrogen-bond donors (Lipinski definition) is 1. The number of rotatable bonds is 2. The van der Waals surface area contributed by atoms with Crippen LogP contribution in [0.3, 0.4) is 0 Å². The Morgan fingerprint density at radius 2 is 2.00 bits per heavy atom. The molecule has 0 unspecified atom stereocenters. The van der Waals surface area contributed by atoms with Crippen molar-refractivity contribution in [3.63, 3.8) is 0 Å². The molecule has 0 N–H and O–H groups in total. The number of benzene rings is 1. The fraction of sp³-hybridized carbons (Fsp3) is 0.200. The van der Waals surface area contributed by atoms with Gasteiger partial charge in [-0.15, -0.1) is 0 Å². The smallest absolute Gasteiger partial charge is 0.0856 e. The normalized spacial score (nSPS) is 10.4. The van der Waals surface area contributed by atoms with Crippen LogP contribution in [0, 0.1) is 6.92 Å². The first kappa shape index (κ1) is 9.27. The van der Waals surface area contributed by atoms with E-state index in [4.69, 9.17) is 0 Å². The van der Waals surface area contributed by atoms with Gasteiger partial charge in [-0.25, -0.2) is 0 Å². The largest absolute Gasteiger partial charge is 0.175 e. The first-order valence-corrected chi connectivity index (χ1v) is 5.02. The van der Waals surface area contributed by atoms with Gasteiger partial charge in [-0.1, -0.05) is 12.1 Å². The van der Waals surface area contributed by atoms with E-state index in [0.717, 1.165) is 17.1 Å². The van der Waals surface area contributed by atoms with Gasteiger partial charge < -0.3 is 0 Å². The molecule has 0 bridgehead atoms. The topological polar surface area (TPSA) is 30.7 Å². The van der Waals surface area contributed by atoms with Crippen LogP contribution in [0.1, 0.15) is 11.3 Å². The molecule has 4 heteroatoms. The zero-order valence-corrected chi connectivity index (χ0v) is 8.78. The van der Waals surface area contributed by atoms with Gasteiger partial charge in [-0.05, 0) is 24.6 Å². The summed E-state index contributed by atoms with van der Waals surface area (Å²) in [5, 5.41) is 8.35. The molecule has 0 saturated carbocycles. The Morgan fingerprint density at radius 1 is 1.29 bits per heavy atom. The highest BCUT2D eigenvalue weighted by molar-refractivity contribution is 7.79. The van der Waals surface area contributed by atoms with E-state index < -0.39 is 0 Å². The molecular weight excluding hydrogens is 194 g/mol. The molecule has 2 rings (SSSR count). The molecule has 0 atom stereocenters. The van der Waals surface area contributed by atoms with Crippen molar-refractivity contribution in [3.05, 3.63) is 41.7 Å². The van der Waals surface area contributed by atoms with Crippen molar-refractivity contribution < 1.29 is 0 Å². The highest BCUT2D eigenvalue weighted by Crippen LogP contribution is 2.09. The third-order valence-electron chi connectivity index (χ3n) is 1.96. The summed E-state index contributed by atoms with van der Waals surface area (Å²) in [5.41, 5.74) is 3.09. The average Bonchev–Trinajstić information content (AvgIpc) is 2.65. The molecule has 3 nitrogen and oxygen atoms in total. The van der Waals surface area contributed by atoms with Crippen LogP contribution in [0.2, 0.25) is 0 Å². The van der Waals surface area contributed by atoms with E-state index in [-0.39, 0.29) is 0 Å². The van der Waals surface area contributed by atoms with Crippen molar-refractivity contribution in [1.82, 2.24) is 15.0 Å². The third-order valence-corrected chi connectivity index (χ3v) is 2.32. The van der Waals surface area contributed by atoms with Gasteiger partial charge in [0.15, 0.2) is 0 Å². The number of hydrogen-bond acceptors (Lipinski definition) is 3. The Bertz CT molecular complexity index is 419. The Kier molecular flexibility index (Phi) is 2.54. The molecule has 1 aromatic carbocycles. The quantitative estimate of drug-likeness (QED) is 0.760. The maximum Gasteiger partial charge on any atom is 0.0856 e. The summed E-state index contributed by atoms with van der Waals surface area (Å²) in [4.78, 5) is 1.62. The Balaban J connectivity index is 2.33. The van der Waals surface area contributed by atoms with Gasteiger partial charge in [-0.3, -0.25) is 0 Å². The van der Waals surface area contributed by atoms with Crippen molar-refractivity contribution >= 4 is 12.6 Å². The van der Waals surface area contributed by atoms with Gasteiger partial charge >= 0.3 is 0 Å². The highest BCUT2D eigenvalue weighted by Gasteiger charge is 1.98. The van der Waals surface area contributed by atoms with Crippen LogP contribution in [0.5, 0.6) is 0 Å². The number of aromatic nitrogens is 3. The van der Waals surface area contributed by atoms with E-state index >= 15 is 0 Å². The van der Waals surface area contributed by atoms with Crippen LogP contribution in [0.15, 0.2) is 30.5 Å². The maximum absolute atomic E-state index is 4.22. The Labute approximate surface area is 88.2 Å². The first-order chi connectivity index (χ1) is 6.79. The molecule has 0 amide bonds. The summed E-state index contributed by atoms with van der Waals surface area (Å²) in [6.45, 7) is 1.92. The molecule has 2 aromatic rings. The molecule has 0 saturated heterocycles. The lowest BCUT2D eigenvalue weighted by Gasteiger charge is -2.00. The van der Waals surface area contributed by atoms with Gasteiger partial charge in [0.1, 0.15) is 0 Å². The zero-order valence-electron chi connectivity index (χ0n) is 7.88. The second-order valence-corrected chi connectivity index (χ2v) is 3.42. The number of aryl methyl sites for hydroxylation is 1. The predicted octanol–water partition coefficient (Wildman–Crippen LogP) is 2.01. The second-order valence-electron chi connectivity index (χ2n) is 3.10. The Hall–Kier alpha value is -1.29. The second kappa shape index (κ2) is 3.84. The molecule has 14 heavy (non-hydrogen) atoms. The lowest BCUT2D eigenvalue weighted by molar-refractivity contribution is 0.745. The van der Waals surface area contributed by atoms with Gasteiger partial charge in [0.25, 0.3) is 0 Å². The molecule has 0 spiro atoms. The van der Waals surface area contributed by atoms with Crippen LogP contribution < -0.4 is 0 Å². The molecule has 0 radical (unpaired) electrons. The van der Waals surface area contributed by atoms with Gasteiger partial charge in [0, 0.05) is 5.75 Å². The van der Waals surface area contributed by atoms with Crippen LogP contribution >= 0.6 is 12.6 Å². The fourth-order valence-electron chi connectivity index (χ4n) is 1.20. The van der Waals surface area contributed by atoms with Crippen molar-refractivity contribution in [2.24, 2.45) is 0 Å². The lowest BCUT2D eigenvalue weighted by Crippen LogP contribution is -1.98. The fourth-order valence-corrected chi connectivity index (χ4v) is 1.41. The van der Waals surface area contributed by atoms with Crippen molar-refractivity contribution in [2.45, 2.75) is 12.7 Å². The molecule has 1 aromatic heterocycles. The predicted molar refractivity (Wildman–Crippen MR) is 58.8 cm³/mol. The highest BCUT2D eigenvalue weighted by atomic mass is 32.1. The van der Waals surface area contributed by atoms with E-state index in [1.165, 1.54) is 5.56 Å². The van der Waals surface area contributed by atoms with Gasteiger partial charge in [0.05, 0.1) is 17.6 Å². The van der Waals surface area contributed by atoms with Crippen molar-refractivity contribution in [3.8, 4) is 5.69 Å². The molecule has 0 aliphatic rings.